The number of allylic oxidation sites excluding steroid dienone is 1. The van der Waals surface area contributed by atoms with Gasteiger partial charge in [0.1, 0.15) is 17.3 Å². The van der Waals surface area contributed by atoms with Crippen molar-refractivity contribution in [2.75, 3.05) is 7.11 Å². The van der Waals surface area contributed by atoms with Gasteiger partial charge in [0.15, 0.2) is 4.80 Å². The van der Waals surface area contributed by atoms with Gasteiger partial charge in [-0.3, -0.25) is 9.36 Å². The number of methoxy groups -OCH3 is 1. The summed E-state index contributed by atoms with van der Waals surface area (Å²) in [5.41, 5.74) is 7.10. The Morgan fingerprint density at radius 1 is 1.05 bits per heavy atom. The molecule has 0 radical (unpaired) electrons. The van der Waals surface area contributed by atoms with Crippen LogP contribution in [0, 0.1) is 6.92 Å². The minimum atomic E-state index is -0.974. The van der Waals surface area contributed by atoms with Crippen molar-refractivity contribution in [3.05, 3.63) is 138 Å². The second-order valence-corrected chi connectivity index (χ2v) is 11.4. The summed E-state index contributed by atoms with van der Waals surface area (Å²) in [6.45, 7) is 1.85. The van der Waals surface area contributed by atoms with E-state index >= 15 is 0 Å². The highest BCUT2D eigenvalue weighted by molar-refractivity contribution is 7.07. The van der Waals surface area contributed by atoms with Crippen LogP contribution in [0.15, 0.2) is 98.6 Å². The number of carboxylic acid groups (broad SMARTS) is 1. The van der Waals surface area contributed by atoms with Gasteiger partial charge in [-0.25, -0.2) is 9.79 Å². The van der Waals surface area contributed by atoms with Crippen molar-refractivity contribution < 1.29 is 19.1 Å². The van der Waals surface area contributed by atoms with Gasteiger partial charge in [-0.05, 0) is 78.4 Å². The normalized spacial score (nSPS) is 16.0. The third-order valence-electron chi connectivity index (χ3n) is 7.92. The lowest BCUT2D eigenvalue weighted by Gasteiger charge is -2.31. The summed E-state index contributed by atoms with van der Waals surface area (Å²) >= 11 is 1.35. The molecule has 0 fully saturated rings. The van der Waals surface area contributed by atoms with Crippen LogP contribution in [-0.2, 0) is 6.42 Å². The topological polar surface area (TPSA) is 94.0 Å². The van der Waals surface area contributed by atoms with Gasteiger partial charge in [0.05, 0.1) is 28.9 Å². The lowest BCUT2D eigenvalue weighted by Crippen LogP contribution is -2.38. The molecule has 1 aliphatic heterocycles. The predicted octanol–water partition coefficient (Wildman–Crippen LogP) is 5.59. The smallest absolute Gasteiger partial charge is 0.335 e. The van der Waals surface area contributed by atoms with Crippen LogP contribution in [-0.4, -0.2) is 22.8 Å². The Kier molecular flexibility index (Phi) is 6.28. The molecule has 0 bridgehead atoms. The molecule has 1 N–H and O–H groups in total. The molecular formula is C34H26N2O5S. The number of ether oxygens (including phenoxy) is 1. The van der Waals surface area contributed by atoms with Crippen LogP contribution in [0.5, 0.6) is 5.75 Å². The number of aromatic nitrogens is 1. The summed E-state index contributed by atoms with van der Waals surface area (Å²) in [7, 11) is 1.64. The molecule has 0 spiro atoms. The predicted molar refractivity (Wildman–Crippen MR) is 162 cm³/mol. The average molecular weight is 575 g/mol. The molecule has 5 aromatic rings. The van der Waals surface area contributed by atoms with E-state index < -0.39 is 5.97 Å². The van der Waals surface area contributed by atoms with Crippen molar-refractivity contribution in [1.82, 2.24) is 4.57 Å². The zero-order valence-electron chi connectivity index (χ0n) is 23.0. The zero-order valence-corrected chi connectivity index (χ0v) is 23.8. The molecule has 7 nitrogen and oxygen atoms in total. The third kappa shape index (κ3) is 4.31. The minimum absolute atomic E-state index is 0.128. The van der Waals surface area contributed by atoms with Crippen LogP contribution in [0.25, 0.3) is 23.1 Å². The van der Waals surface area contributed by atoms with Crippen LogP contribution in [0.1, 0.15) is 50.8 Å². The molecule has 0 unspecified atom stereocenters. The Bertz CT molecular complexity index is 2110. The lowest BCUT2D eigenvalue weighted by atomic mass is 9.83. The number of fused-ring (bicyclic) bond motifs is 3. The van der Waals surface area contributed by atoms with Gasteiger partial charge in [0.2, 0.25) is 0 Å². The summed E-state index contributed by atoms with van der Waals surface area (Å²) in [6, 6.07) is 24.5. The zero-order chi connectivity index (χ0) is 29.0. The second-order valence-electron chi connectivity index (χ2n) is 10.4. The Labute approximate surface area is 245 Å². The maximum atomic E-state index is 14.0. The van der Waals surface area contributed by atoms with Crippen molar-refractivity contribution in [3.63, 3.8) is 0 Å². The fraction of sp³-hybridized carbons (Fsp3) is 0.147. The van der Waals surface area contributed by atoms with Crippen LogP contribution in [0.2, 0.25) is 0 Å². The van der Waals surface area contributed by atoms with E-state index in [0.717, 1.165) is 52.1 Å². The Morgan fingerprint density at radius 3 is 2.71 bits per heavy atom. The molecule has 3 heterocycles. The number of carbonyl (C=O) groups is 1. The summed E-state index contributed by atoms with van der Waals surface area (Å²) in [5, 5.41) is 9.29. The van der Waals surface area contributed by atoms with Crippen LogP contribution < -0.4 is 19.6 Å². The summed E-state index contributed by atoms with van der Waals surface area (Å²) in [5.74, 6) is 0.895. The van der Waals surface area contributed by atoms with Crippen molar-refractivity contribution in [1.29, 1.82) is 0 Å². The molecule has 0 amide bonds. The highest BCUT2D eigenvalue weighted by Gasteiger charge is 2.32. The number of aromatic carboxylic acids is 1. The second kappa shape index (κ2) is 10.2. The van der Waals surface area contributed by atoms with Gasteiger partial charge >= 0.3 is 5.97 Å². The average Bonchev–Trinajstić information content (AvgIpc) is 3.59. The minimum Gasteiger partial charge on any atom is -0.497 e. The van der Waals surface area contributed by atoms with Crippen LogP contribution in [0.4, 0.5) is 0 Å². The molecular weight excluding hydrogens is 548 g/mol. The highest BCUT2D eigenvalue weighted by Crippen LogP contribution is 2.41. The summed E-state index contributed by atoms with van der Waals surface area (Å²) < 4.78 is 14.0. The first-order valence-electron chi connectivity index (χ1n) is 13.6. The summed E-state index contributed by atoms with van der Waals surface area (Å²) in [6.07, 6.45) is 3.45. The standard InChI is InChI=1S/C34H26N2O5S/c1-19-16-22(33(38)39)11-13-25(19)28-15-12-24(41-28)18-29-32(37)36-31(21-7-5-8-23(17-21)40-2)27-14-10-20-6-3-4-9-26(20)30(27)35-34(36)42-29/h3-9,11-13,15-18,31H,10,14H2,1-2H3,(H,38,39)/b29-18+/t31-/m0/s1. The van der Waals surface area contributed by atoms with Gasteiger partial charge in [0, 0.05) is 17.2 Å². The monoisotopic (exact) mass is 574 g/mol. The Hall–Kier alpha value is -4.95. The number of hydrogen-bond acceptors (Lipinski definition) is 6. The number of thiazole rings is 1. The fourth-order valence-electron chi connectivity index (χ4n) is 5.91. The van der Waals surface area contributed by atoms with Gasteiger partial charge in [-0.1, -0.05) is 53.8 Å². The maximum Gasteiger partial charge on any atom is 0.335 e. The third-order valence-corrected chi connectivity index (χ3v) is 8.90. The first-order chi connectivity index (χ1) is 20.4. The van der Waals surface area contributed by atoms with Crippen LogP contribution >= 0.6 is 11.3 Å². The van der Waals surface area contributed by atoms with E-state index in [9.17, 15) is 14.7 Å². The van der Waals surface area contributed by atoms with E-state index in [2.05, 4.69) is 18.2 Å². The molecule has 2 aromatic heterocycles. The maximum absolute atomic E-state index is 14.0. The van der Waals surface area contributed by atoms with Crippen molar-refractivity contribution in [2.45, 2.75) is 25.8 Å². The number of carboxylic acids is 1. The van der Waals surface area contributed by atoms with E-state index in [-0.39, 0.29) is 17.2 Å². The van der Waals surface area contributed by atoms with E-state index in [1.165, 1.54) is 16.9 Å². The van der Waals surface area contributed by atoms with Crippen LogP contribution in [0.3, 0.4) is 0 Å². The fourth-order valence-corrected chi connectivity index (χ4v) is 6.89. The molecule has 42 heavy (non-hydrogen) atoms. The first-order valence-corrected chi connectivity index (χ1v) is 14.4. The van der Waals surface area contributed by atoms with Gasteiger partial charge in [0.25, 0.3) is 5.56 Å². The number of furan rings is 1. The molecule has 1 aliphatic carbocycles. The molecule has 2 aliphatic rings. The van der Waals surface area contributed by atoms with E-state index in [4.69, 9.17) is 14.1 Å². The molecule has 0 saturated heterocycles. The molecule has 0 saturated carbocycles. The number of nitrogens with zero attached hydrogens (tertiary/aromatic N) is 2. The van der Waals surface area contributed by atoms with Gasteiger partial charge < -0.3 is 14.3 Å². The quantitative estimate of drug-likeness (QED) is 0.295. The number of benzene rings is 3. The molecule has 208 valence electrons. The van der Waals surface area contributed by atoms with Crippen molar-refractivity contribution in [3.8, 4) is 17.1 Å². The number of aryl methyl sites for hydroxylation is 2. The Morgan fingerprint density at radius 2 is 1.90 bits per heavy atom. The van der Waals surface area contributed by atoms with Crippen molar-refractivity contribution in [2.24, 2.45) is 4.99 Å². The van der Waals surface area contributed by atoms with E-state index in [1.807, 2.05) is 49.4 Å². The highest BCUT2D eigenvalue weighted by atomic mass is 32.1. The van der Waals surface area contributed by atoms with E-state index in [1.54, 1.807) is 36.0 Å². The van der Waals surface area contributed by atoms with Gasteiger partial charge in [-0.2, -0.15) is 0 Å². The largest absolute Gasteiger partial charge is 0.497 e. The molecule has 3 aromatic carbocycles. The molecule has 1 atom stereocenters. The lowest BCUT2D eigenvalue weighted by molar-refractivity contribution is 0.0696. The Balaban J connectivity index is 1.37. The van der Waals surface area contributed by atoms with Gasteiger partial charge in [-0.15, -0.1) is 0 Å². The number of hydrogen-bond donors (Lipinski definition) is 1. The summed E-state index contributed by atoms with van der Waals surface area (Å²) in [4.78, 5) is 31.1. The molecule has 8 heteroatoms. The molecule has 7 rings (SSSR count). The van der Waals surface area contributed by atoms with Crippen molar-refractivity contribution >= 4 is 29.1 Å². The van der Waals surface area contributed by atoms with E-state index in [0.29, 0.717) is 20.9 Å². The SMILES string of the molecule is COc1cccc([C@H]2C3=C(N=c4s/c(=C/c5ccc(-c6ccc(C(=O)O)cc6C)o5)c(=O)n42)c2ccccc2CC3)c1. The number of rotatable bonds is 5. The first kappa shape index (κ1) is 26.0.